The van der Waals surface area contributed by atoms with Crippen LogP contribution in [0.15, 0.2) is 12.1 Å². The van der Waals surface area contributed by atoms with E-state index in [0.717, 1.165) is 31.2 Å². The molecule has 0 spiro atoms. The van der Waals surface area contributed by atoms with Crippen LogP contribution in [0.3, 0.4) is 0 Å². The Morgan fingerprint density at radius 1 is 1.32 bits per heavy atom. The van der Waals surface area contributed by atoms with Crippen LogP contribution in [0.2, 0.25) is 5.02 Å². The number of halogens is 1. The molecule has 0 radical (unpaired) electrons. The molecule has 2 N–H and O–H groups in total. The molecule has 104 valence electrons. The first-order valence-electron chi connectivity index (χ1n) is 6.76. The van der Waals surface area contributed by atoms with Gasteiger partial charge in [0.15, 0.2) is 0 Å². The van der Waals surface area contributed by atoms with Gasteiger partial charge in [-0.1, -0.05) is 43.9 Å². The number of hydrogen-bond acceptors (Lipinski definition) is 2. The van der Waals surface area contributed by atoms with Crippen molar-refractivity contribution in [3.05, 3.63) is 28.3 Å². The molecule has 0 amide bonds. The van der Waals surface area contributed by atoms with E-state index >= 15 is 0 Å². The van der Waals surface area contributed by atoms with Gasteiger partial charge in [0.05, 0.1) is 10.4 Å². The second kappa shape index (κ2) is 5.41. The first-order chi connectivity index (χ1) is 9.01. The van der Waals surface area contributed by atoms with Gasteiger partial charge in [-0.3, -0.25) is 4.79 Å². The van der Waals surface area contributed by atoms with Gasteiger partial charge in [0.2, 0.25) is 0 Å². The maximum atomic E-state index is 11.8. The topological polar surface area (TPSA) is 57.5 Å². The zero-order valence-corrected chi connectivity index (χ0v) is 11.8. The second-order valence-electron chi connectivity index (χ2n) is 5.28. The number of benzene rings is 1. The van der Waals surface area contributed by atoms with Gasteiger partial charge in [-0.15, -0.1) is 0 Å². The molecule has 1 aromatic carbocycles. The molecule has 0 unspecified atom stereocenters. The third-order valence-corrected chi connectivity index (χ3v) is 4.45. The highest BCUT2D eigenvalue weighted by Gasteiger charge is 2.43. The molecular weight excluding hydrogens is 264 g/mol. The zero-order chi connectivity index (χ0) is 14.0. The lowest BCUT2D eigenvalue weighted by Crippen LogP contribution is -2.38. The van der Waals surface area contributed by atoms with Gasteiger partial charge in [0.1, 0.15) is 5.75 Å². The van der Waals surface area contributed by atoms with E-state index < -0.39 is 11.4 Å². The van der Waals surface area contributed by atoms with E-state index in [9.17, 15) is 15.0 Å². The fourth-order valence-corrected chi connectivity index (χ4v) is 3.22. The number of rotatable bonds is 3. The summed E-state index contributed by atoms with van der Waals surface area (Å²) in [6, 6.07) is 3.51. The minimum atomic E-state index is -0.975. The molecule has 0 bridgehead atoms. The summed E-state index contributed by atoms with van der Waals surface area (Å²) >= 11 is 6.04. The van der Waals surface area contributed by atoms with Crippen molar-refractivity contribution in [2.45, 2.75) is 50.9 Å². The maximum absolute atomic E-state index is 11.8. The monoisotopic (exact) mass is 282 g/mol. The first-order valence-corrected chi connectivity index (χ1v) is 7.14. The molecule has 1 aliphatic carbocycles. The van der Waals surface area contributed by atoms with Crippen LogP contribution in [0, 0.1) is 0 Å². The Morgan fingerprint density at radius 3 is 2.47 bits per heavy atom. The molecule has 1 saturated carbocycles. The van der Waals surface area contributed by atoms with E-state index in [1.165, 1.54) is 0 Å². The van der Waals surface area contributed by atoms with E-state index in [1.807, 2.05) is 6.92 Å². The molecular formula is C15H19ClO3. The summed E-state index contributed by atoms with van der Waals surface area (Å²) in [5.41, 5.74) is 0.477. The summed E-state index contributed by atoms with van der Waals surface area (Å²) in [5.74, 6) is -0.921. The lowest BCUT2D eigenvalue weighted by molar-refractivity contribution is -0.145. The van der Waals surface area contributed by atoms with Gasteiger partial charge in [-0.25, -0.2) is 0 Å². The number of carboxylic acids is 1. The van der Waals surface area contributed by atoms with E-state index in [0.29, 0.717) is 18.4 Å². The molecule has 2 rings (SSSR count). The lowest BCUT2D eigenvalue weighted by atomic mass is 9.69. The highest BCUT2D eigenvalue weighted by atomic mass is 35.5. The van der Waals surface area contributed by atoms with Crippen molar-refractivity contribution >= 4 is 17.6 Å². The Hall–Kier alpha value is -1.22. The highest BCUT2D eigenvalue weighted by molar-refractivity contribution is 6.32. The van der Waals surface area contributed by atoms with Crippen molar-refractivity contribution in [1.82, 2.24) is 0 Å². The summed E-state index contributed by atoms with van der Waals surface area (Å²) in [5, 5.41) is 20.1. The predicted molar refractivity (Wildman–Crippen MR) is 74.9 cm³/mol. The fourth-order valence-electron chi connectivity index (χ4n) is 2.98. The summed E-state index contributed by atoms with van der Waals surface area (Å²) < 4.78 is 0. The Labute approximate surface area is 118 Å². The average Bonchev–Trinajstić information content (AvgIpc) is 2.42. The number of aromatic hydroxyl groups is 1. The molecule has 0 saturated heterocycles. The van der Waals surface area contributed by atoms with Crippen LogP contribution >= 0.6 is 11.6 Å². The number of hydrogen-bond donors (Lipinski definition) is 2. The van der Waals surface area contributed by atoms with Gasteiger partial charge in [0.25, 0.3) is 0 Å². The number of carbonyl (C=O) groups is 1. The predicted octanol–water partition coefficient (Wildman–Crippen LogP) is 3.89. The van der Waals surface area contributed by atoms with Crippen molar-refractivity contribution in [2.24, 2.45) is 0 Å². The Morgan fingerprint density at radius 2 is 1.95 bits per heavy atom. The van der Waals surface area contributed by atoms with Crippen LogP contribution in [0.25, 0.3) is 0 Å². The van der Waals surface area contributed by atoms with Crippen LogP contribution in [-0.2, 0) is 16.6 Å². The van der Waals surface area contributed by atoms with Crippen LogP contribution in [0.4, 0.5) is 0 Å². The standard InChI is InChI=1S/C15H19ClO3/c1-2-10-8-11(13(17)12(16)9-10)15(14(18)19)6-4-3-5-7-15/h8-9,17H,2-7H2,1H3,(H,18,19). The van der Waals surface area contributed by atoms with Gasteiger partial charge < -0.3 is 10.2 Å². The Kier molecular flexibility index (Phi) is 4.04. The third kappa shape index (κ3) is 2.44. The molecule has 19 heavy (non-hydrogen) atoms. The summed E-state index contributed by atoms with van der Waals surface area (Å²) in [6.45, 7) is 1.99. The molecule has 1 aliphatic rings. The minimum Gasteiger partial charge on any atom is -0.506 e. The zero-order valence-electron chi connectivity index (χ0n) is 11.1. The molecule has 0 atom stereocenters. The van der Waals surface area contributed by atoms with Gasteiger partial charge in [-0.2, -0.15) is 0 Å². The normalized spacial score (nSPS) is 18.2. The van der Waals surface area contributed by atoms with E-state index in [4.69, 9.17) is 11.6 Å². The molecule has 0 aromatic heterocycles. The number of aliphatic carboxylic acids is 1. The van der Waals surface area contributed by atoms with Crippen LogP contribution in [-0.4, -0.2) is 16.2 Å². The number of carboxylic acid groups (broad SMARTS) is 1. The highest BCUT2D eigenvalue weighted by Crippen LogP contribution is 2.45. The van der Waals surface area contributed by atoms with Gasteiger partial charge in [0, 0.05) is 5.56 Å². The first kappa shape index (κ1) is 14.2. The third-order valence-electron chi connectivity index (χ3n) is 4.16. The summed E-state index contributed by atoms with van der Waals surface area (Å²) in [4.78, 5) is 11.8. The van der Waals surface area contributed by atoms with E-state index in [1.54, 1.807) is 12.1 Å². The van der Waals surface area contributed by atoms with Crippen molar-refractivity contribution in [1.29, 1.82) is 0 Å². The SMILES string of the molecule is CCc1cc(Cl)c(O)c(C2(C(=O)O)CCCCC2)c1. The van der Waals surface area contributed by atoms with Crippen molar-refractivity contribution < 1.29 is 15.0 Å². The Bertz CT molecular complexity index is 490. The number of phenols is 1. The molecule has 0 aliphatic heterocycles. The van der Waals surface area contributed by atoms with Crippen LogP contribution < -0.4 is 0 Å². The largest absolute Gasteiger partial charge is 0.506 e. The quantitative estimate of drug-likeness (QED) is 0.884. The van der Waals surface area contributed by atoms with Crippen LogP contribution in [0.1, 0.15) is 50.2 Å². The van der Waals surface area contributed by atoms with Crippen molar-refractivity contribution in [3.8, 4) is 5.75 Å². The molecule has 1 fully saturated rings. The minimum absolute atomic E-state index is 0.0665. The average molecular weight is 283 g/mol. The number of aryl methyl sites for hydroxylation is 1. The maximum Gasteiger partial charge on any atom is 0.314 e. The van der Waals surface area contributed by atoms with Gasteiger partial charge in [-0.05, 0) is 30.9 Å². The second-order valence-corrected chi connectivity index (χ2v) is 5.68. The van der Waals surface area contributed by atoms with Crippen molar-refractivity contribution in [3.63, 3.8) is 0 Å². The lowest BCUT2D eigenvalue weighted by Gasteiger charge is -2.34. The summed E-state index contributed by atoms with van der Waals surface area (Å²) in [7, 11) is 0. The molecule has 0 heterocycles. The van der Waals surface area contributed by atoms with Gasteiger partial charge >= 0.3 is 5.97 Å². The van der Waals surface area contributed by atoms with Crippen LogP contribution in [0.5, 0.6) is 5.75 Å². The number of phenolic OH excluding ortho intramolecular Hbond substituents is 1. The van der Waals surface area contributed by atoms with Crippen molar-refractivity contribution in [2.75, 3.05) is 0 Å². The molecule has 3 nitrogen and oxygen atoms in total. The Balaban J connectivity index is 2.59. The fraction of sp³-hybridized carbons (Fsp3) is 0.533. The summed E-state index contributed by atoms with van der Waals surface area (Å²) in [6.07, 6.45) is 4.71. The smallest absolute Gasteiger partial charge is 0.314 e. The molecule has 1 aromatic rings. The van der Waals surface area contributed by atoms with E-state index in [2.05, 4.69) is 0 Å². The van der Waals surface area contributed by atoms with E-state index in [-0.39, 0.29) is 10.8 Å². The molecule has 4 heteroatoms.